The van der Waals surface area contributed by atoms with Crippen molar-refractivity contribution in [3.8, 4) is 0 Å². The van der Waals surface area contributed by atoms with Crippen molar-refractivity contribution in [1.82, 2.24) is 0 Å². The topological polar surface area (TPSA) is 75.3 Å². The highest BCUT2D eigenvalue weighted by Gasteiger charge is 2.14. The van der Waals surface area contributed by atoms with Crippen LogP contribution in [-0.2, 0) is 4.79 Å². The molecule has 15 heavy (non-hydrogen) atoms. The third kappa shape index (κ3) is 3.35. The maximum absolute atomic E-state index is 11.3. The van der Waals surface area contributed by atoms with Crippen molar-refractivity contribution >= 4 is 34.8 Å². The van der Waals surface area contributed by atoms with Crippen LogP contribution < -0.4 is 11.1 Å². The number of aliphatic hydroxyl groups is 1. The van der Waals surface area contributed by atoms with Gasteiger partial charge in [-0.05, 0) is 18.2 Å². The van der Waals surface area contributed by atoms with Gasteiger partial charge in [0.1, 0.15) is 6.10 Å². The van der Waals surface area contributed by atoms with E-state index in [4.69, 9.17) is 34.0 Å². The van der Waals surface area contributed by atoms with Crippen molar-refractivity contribution < 1.29 is 9.90 Å². The molecule has 0 fully saturated rings. The van der Waals surface area contributed by atoms with Crippen molar-refractivity contribution in [3.63, 3.8) is 0 Å². The van der Waals surface area contributed by atoms with Gasteiger partial charge in [0.25, 0.3) is 5.91 Å². The van der Waals surface area contributed by atoms with E-state index < -0.39 is 12.0 Å². The Hall–Kier alpha value is -0.810. The molecule has 0 aliphatic heterocycles. The molecule has 0 saturated carbocycles. The second-order valence-corrected chi connectivity index (χ2v) is 3.71. The lowest BCUT2D eigenvalue weighted by atomic mass is 10.3. The first-order valence-electron chi connectivity index (χ1n) is 4.18. The van der Waals surface area contributed by atoms with Crippen molar-refractivity contribution in [2.24, 2.45) is 5.73 Å². The lowest BCUT2D eigenvalue weighted by Gasteiger charge is -2.10. The molecule has 1 aromatic rings. The molecule has 0 heterocycles. The van der Waals surface area contributed by atoms with Crippen LogP contribution >= 0.6 is 23.2 Å². The van der Waals surface area contributed by atoms with Gasteiger partial charge in [0.2, 0.25) is 0 Å². The number of carbonyl (C=O) groups is 1. The van der Waals surface area contributed by atoms with E-state index in [1.165, 1.54) is 6.07 Å². The summed E-state index contributed by atoms with van der Waals surface area (Å²) in [6.07, 6.45) is -1.25. The van der Waals surface area contributed by atoms with Crippen LogP contribution in [0.1, 0.15) is 0 Å². The average Bonchev–Trinajstić information content (AvgIpc) is 2.22. The minimum absolute atomic E-state index is 0.149. The number of nitrogens with one attached hydrogen (secondary N) is 1. The smallest absolute Gasteiger partial charge is 0.254 e. The zero-order valence-electron chi connectivity index (χ0n) is 7.71. The predicted octanol–water partition coefficient (Wildman–Crippen LogP) is 1.25. The number of hydrogen-bond acceptors (Lipinski definition) is 3. The molecular formula is C9H10Cl2N2O2. The predicted molar refractivity (Wildman–Crippen MR) is 60.2 cm³/mol. The summed E-state index contributed by atoms with van der Waals surface area (Å²) in [4.78, 5) is 11.3. The maximum Gasteiger partial charge on any atom is 0.254 e. The molecule has 0 spiro atoms. The molecule has 1 rings (SSSR count). The molecular weight excluding hydrogens is 239 g/mol. The second kappa shape index (κ2) is 5.32. The van der Waals surface area contributed by atoms with E-state index in [0.717, 1.165) is 0 Å². The van der Waals surface area contributed by atoms with E-state index in [1.807, 2.05) is 0 Å². The second-order valence-electron chi connectivity index (χ2n) is 2.86. The first kappa shape index (κ1) is 12.3. The number of aliphatic hydroxyl groups excluding tert-OH is 1. The zero-order valence-corrected chi connectivity index (χ0v) is 9.22. The molecule has 82 valence electrons. The van der Waals surface area contributed by atoms with E-state index in [9.17, 15) is 4.79 Å². The molecule has 4 N–H and O–H groups in total. The fourth-order valence-electron chi connectivity index (χ4n) is 0.916. The Labute approximate surface area is 97.0 Å². The molecule has 1 amide bonds. The number of anilines is 1. The quantitative estimate of drug-likeness (QED) is 0.754. The minimum Gasteiger partial charge on any atom is -0.382 e. The number of amides is 1. The Morgan fingerprint density at radius 2 is 2.20 bits per heavy atom. The fraction of sp³-hybridized carbons (Fsp3) is 0.222. The van der Waals surface area contributed by atoms with Gasteiger partial charge in [0.05, 0.1) is 10.7 Å². The van der Waals surface area contributed by atoms with Crippen LogP contribution in [-0.4, -0.2) is 23.7 Å². The molecule has 1 aromatic carbocycles. The third-order valence-electron chi connectivity index (χ3n) is 1.71. The largest absolute Gasteiger partial charge is 0.382 e. The number of hydrogen-bond donors (Lipinski definition) is 3. The zero-order chi connectivity index (χ0) is 11.4. The minimum atomic E-state index is -1.25. The van der Waals surface area contributed by atoms with Gasteiger partial charge < -0.3 is 16.2 Å². The number of nitrogens with two attached hydrogens (primary N) is 1. The van der Waals surface area contributed by atoms with Crippen LogP contribution in [0.3, 0.4) is 0 Å². The van der Waals surface area contributed by atoms with Crippen LogP contribution in [0.2, 0.25) is 10.0 Å². The fourth-order valence-corrected chi connectivity index (χ4v) is 1.25. The van der Waals surface area contributed by atoms with Crippen molar-refractivity contribution in [1.29, 1.82) is 0 Å². The van der Waals surface area contributed by atoms with Gasteiger partial charge >= 0.3 is 0 Å². The molecule has 0 aliphatic carbocycles. The molecule has 0 bridgehead atoms. The van der Waals surface area contributed by atoms with Gasteiger partial charge in [0.15, 0.2) is 0 Å². The Kier molecular flexibility index (Phi) is 4.35. The number of halogens is 2. The van der Waals surface area contributed by atoms with E-state index in [-0.39, 0.29) is 6.54 Å². The Balaban J connectivity index is 2.80. The third-order valence-corrected chi connectivity index (χ3v) is 2.28. The molecule has 0 aliphatic rings. The summed E-state index contributed by atoms with van der Waals surface area (Å²) in [5.41, 5.74) is 5.47. The number of rotatable bonds is 3. The van der Waals surface area contributed by atoms with Crippen LogP contribution in [0.25, 0.3) is 0 Å². The lowest BCUT2D eigenvalue weighted by molar-refractivity contribution is -0.123. The number of carbonyl (C=O) groups excluding carboxylic acids is 1. The highest BCUT2D eigenvalue weighted by atomic mass is 35.5. The van der Waals surface area contributed by atoms with Crippen LogP contribution in [0.15, 0.2) is 18.2 Å². The van der Waals surface area contributed by atoms with Crippen molar-refractivity contribution in [2.45, 2.75) is 6.10 Å². The SMILES string of the molecule is NCC(O)C(=O)Nc1cc(Cl)ccc1Cl. The first-order valence-corrected chi connectivity index (χ1v) is 4.94. The molecule has 1 unspecified atom stereocenters. The van der Waals surface area contributed by atoms with Crippen molar-refractivity contribution in [2.75, 3.05) is 11.9 Å². The highest BCUT2D eigenvalue weighted by Crippen LogP contribution is 2.25. The first-order chi connectivity index (χ1) is 7.04. The van der Waals surface area contributed by atoms with Gasteiger partial charge in [-0.2, -0.15) is 0 Å². The molecule has 6 heteroatoms. The normalized spacial score (nSPS) is 12.3. The summed E-state index contributed by atoms with van der Waals surface area (Å²) >= 11 is 11.5. The van der Waals surface area contributed by atoms with E-state index >= 15 is 0 Å². The monoisotopic (exact) mass is 248 g/mol. The summed E-state index contributed by atoms with van der Waals surface area (Å²) in [6, 6.07) is 4.64. The van der Waals surface area contributed by atoms with Crippen molar-refractivity contribution in [3.05, 3.63) is 28.2 Å². The van der Waals surface area contributed by atoms with E-state index in [1.54, 1.807) is 12.1 Å². The standard InChI is InChI=1S/C9H10Cl2N2O2/c10-5-1-2-6(11)7(3-5)13-9(15)8(14)4-12/h1-3,8,14H,4,12H2,(H,13,15). The average molecular weight is 249 g/mol. The van der Waals surface area contributed by atoms with E-state index in [2.05, 4.69) is 5.32 Å². The van der Waals surface area contributed by atoms with E-state index in [0.29, 0.717) is 15.7 Å². The van der Waals surface area contributed by atoms with Gasteiger partial charge in [0, 0.05) is 11.6 Å². The number of benzene rings is 1. The molecule has 0 radical (unpaired) electrons. The Bertz CT molecular complexity index is 371. The molecule has 0 aromatic heterocycles. The molecule has 0 saturated heterocycles. The Morgan fingerprint density at radius 3 is 2.80 bits per heavy atom. The molecule has 1 atom stereocenters. The van der Waals surface area contributed by atoms with Crippen LogP contribution in [0.4, 0.5) is 5.69 Å². The highest BCUT2D eigenvalue weighted by molar-refractivity contribution is 6.35. The van der Waals surface area contributed by atoms with Gasteiger partial charge in [-0.1, -0.05) is 23.2 Å². The van der Waals surface area contributed by atoms with Gasteiger partial charge in [-0.3, -0.25) is 4.79 Å². The van der Waals surface area contributed by atoms with Gasteiger partial charge in [-0.25, -0.2) is 0 Å². The summed E-state index contributed by atoms with van der Waals surface area (Å²) < 4.78 is 0. The van der Waals surface area contributed by atoms with Gasteiger partial charge in [-0.15, -0.1) is 0 Å². The van der Waals surface area contributed by atoms with Crippen LogP contribution in [0, 0.1) is 0 Å². The summed E-state index contributed by atoms with van der Waals surface area (Å²) in [6.45, 7) is -0.149. The lowest BCUT2D eigenvalue weighted by Crippen LogP contribution is -2.34. The summed E-state index contributed by atoms with van der Waals surface area (Å²) in [7, 11) is 0. The Morgan fingerprint density at radius 1 is 1.53 bits per heavy atom. The maximum atomic E-state index is 11.3. The summed E-state index contributed by atoms with van der Waals surface area (Å²) in [5, 5.41) is 12.3. The summed E-state index contributed by atoms with van der Waals surface area (Å²) in [5.74, 6) is -0.610. The molecule has 4 nitrogen and oxygen atoms in total. The van der Waals surface area contributed by atoms with Crippen LogP contribution in [0.5, 0.6) is 0 Å².